The fourth-order valence-corrected chi connectivity index (χ4v) is 1.40. The summed E-state index contributed by atoms with van der Waals surface area (Å²) in [6, 6.07) is 0. The Bertz CT molecular complexity index is 176. The van der Waals surface area contributed by atoms with Gasteiger partial charge in [0.25, 0.3) is 0 Å². The van der Waals surface area contributed by atoms with Crippen LogP contribution >= 0.6 is 0 Å². The molecule has 0 bridgehead atoms. The molecule has 0 aliphatic rings. The zero-order chi connectivity index (χ0) is 13.1. The van der Waals surface area contributed by atoms with Crippen molar-refractivity contribution in [2.45, 2.75) is 32.5 Å². The van der Waals surface area contributed by atoms with Crippen molar-refractivity contribution in [3.05, 3.63) is 0 Å². The minimum atomic E-state index is -0.496. The van der Waals surface area contributed by atoms with Crippen molar-refractivity contribution in [2.24, 2.45) is 0 Å². The third-order valence-electron chi connectivity index (χ3n) is 2.21. The van der Waals surface area contributed by atoms with Gasteiger partial charge in [-0.3, -0.25) is 0 Å². The molecule has 0 saturated carbocycles. The predicted molar refractivity (Wildman–Crippen MR) is 67.3 cm³/mol. The van der Waals surface area contributed by atoms with E-state index in [2.05, 4.69) is 5.32 Å². The highest BCUT2D eigenvalue weighted by atomic mass is 16.5. The summed E-state index contributed by atoms with van der Waals surface area (Å²) in [5.74, 6) is 0. The highest BCUT2D eigenvalue weighted by molar-refractivity contribution is 4.72. The molecule has 5 nitrogen and oxygen atoms in total. The summed E-state index contributed by atoms with van der Waals surface area (Å²) in [5, 5.41) is 12.8. The van der Waals surface area contributed by atoms with E-state index in [1.165, 1.54) is 0 Å². The molecule has 1 atom stereocenters. The lowest BCUT2D eigenvalue weighted by Crippen LogP contribution is -2.41. The zero-order valence-corrected chi connectivity index (χ0v) is 11.5. The van der Waals surface area contributed by atoms with Crippen LogP contribution in [0.25, 0.3) is 0 Å². The maximum atomic E-state index is 9.61. The van der Waals surface area contributed by atoms with E-state index in [0.29, 0.717) is 39.5 Å². The number of ether oxygens (including phenoxy) is 3. The van der Waals surface area contributed by atoms with Crippen LogP contribution in [0.3, 0.4) is 0 Å². The van der Waals surface area contributed by atoms with E-state index in [9.17, 15) is 5.11 Å². The number of rotatable bonds is 11. The number of hydrogen-bond acceptors (Lipinski definition) is 5. The van der Waals surface area contributed by atoms with E-state index >= 15 is 0 Å². The summed E-state index contributed by atoms with van der Waals surface area (Å²) in [6.45, 7) is 9.30. The van der Waals surface area contributed by atoms with Crippen molar-refractivity contribution in [3.63, 3.8) is 0 Å². The monoisotopic (exact) mass is 249 g/mol. The molecule has 104 valence electrons. The number of aliphatic hydroxyl groups excluding tert-OH is 1. The van der Waals surface area contributed by atoms with Crippen LogP contribution in [0.1, 0.15) is 20.8 Å². The second-order valence-electron chi connectivity index (χ2n) is 4.55. The Morgan fingerprint density at radius 2 is 2.00 bits per heavy atom. The molecule has 17 heavy (non-hydrogen) atoms. The van der Waals surface area contributed by atoms with Gasteiger partial charge >= 0.3 is 0 Å². The second-order valence-corrected chi connectivity index (χ2v) is 4.55. The van der Waals surface area contributed by atoms with Gasteiger partial charge in [0, 0.05) is 26.8 Å². The molecule has 0 radical (unpaired) electrons. The number of aliphatic hydroxyl groups is 1. The van der Waals surface area contributed by atoms with Crippen molar-refractivity contribution in [3.8, 4) is 0 Å². The Kier molecular flexibility index (Phi) is 9.68. The lowest BCUT2D eigenvalue weighted by molar-refractivity contribution is -0.0153. The summed E-state index contributed by atoms with van der Waals surface area (Å²) in [7, 11) is 1.62. The Morgan fingerprint density at radius 3 is 2.59 bits per heavy atom. The summed E-state index contributed by atoms with van der Waals surface area (Å²) in [5.41, 5.74) is -0.203. The van der Waals surface area contributed by atoms with Crippen molar-refractivity contribution in [1.29, 1.82) is 0 Å². The molecule has 2 N–H and O–H groups in total. The van der Waals surface area contributed by atoms with Gasteiger partial charge in [-0.25, -0.2) is 0 Å². The minimum absolute atomic E-state index is 0.203. The molecule has 0 saturated heterocycles. The topological polar surface area (TPSA) is 60.0 Å². The summed E-state index contributed by atoms with van der Waals surface area (Å²) < 4.78 is 15.6. The maximum absolute atomic E-state index is 9.61. The van der Waals surface area contributed by atoms with Crippen molar-refractivity contribution >= 4 is 0 Å². The number of nitrogens with one attached hydrogen (secondary N) is 1. The van der Waals surface area contributed by atoms with Crippen LogP contribution in [0.15, 0.2) is 0 Å². The normalized spacial score (nSPS) is 13.9. The first-order valence-electron chi connectivity index (χ1n) is 6.11. The molecule has 1 unspecified atom stereocenters. The van der Waals surface area contributed by atoms with Gasteiger partial charge in [-0.05, 0) is 20.8 Å². The largest absolute Gasteiger partial charge is 0.389 e. The standard InChI is InChI=1S/C12H27NO4/c1-5-17-12(2,3)10-13-8-11(14)9-16-7-6-15-4/h11,13-14H,5-10H2,1-4H3. The van der Waals surface area contributed by atoms with Crippen LogP contribution in [-0.4, -0.2) is 63.4 Å². The fraction of sp³-hybridized carbons (Fsp3) is 1.00. The molecule has 0 amide bonds. The molecule has 0 heterocycles. The van der Waals surface area contributed by atoms with Gasteiger partial charge in [0.2, 0.25) is 0 Å². The van der Waals surface area contributed by atoms with Gasteiger partial charge in [-0.2, -0.15) is 0 Å². The van der Waals surface area contributed by atoms with Crippen molar-refractivity contribution in [1.82, 2.24) is 5.32 Å². The molecule has 0 aromatic rings. The molecule has 0 aliphatic carbocycles. The fourth-order valence-electron chi connectivity index (χ4n) is 1.40. The third-order valence-corrected chi connectivity index (χ3v) is 2.21. The Balaban J connectivity index is 3.46. The molecule has 0 aliphatic heterocycles. The molecular weight excluding hydrogens is 222 g/mol. The van der Waals surface area contributed by atoms with Gasteiger partial charge in [0.05, 0.1) is 31.5 Å². The van der Waals surface area contributed by atoms with Crippen LogP contribution in [-0.2, 0) is 14.2 Å². The van der Waals surface area contributed by atoms with Crippen LogP contribution in [0.2, 0.25) is 0 Å². The average molecular weight is 249 g/mol. The minimum Gasteiger partial charge on any atom is -0.389 e. The molecule has 0 spiro atoms. The quantitative estimate of drug-likeness (QED) is 0.520. The van der Waals surface area contributed by atoms with E-state index in [4.69, 9.17) is 14.2 Å². The smallest absolute Gasteiger partial charge is 0.0897 e. The SMILES string of the molecule is CCOC(C)(C)CNCC(O)COCCOC. The highest BCUT2D eigenvalue weighted by Crippen LogP contribution is 2.06. The molecule has 0 fully saturated rings. The summed E-state index contributed by atoms with van der Waals surface area (Å²) in [4.78, 5) is 0. The van der Waals surface area contributed by atoms with E-state index in [1.807, 2.05) is 20.8 Å². The lowest BCUT2D eigenvalue weighted by atomic mass is 10.1. The van der Waals surface area contributed by atoms with E-state index in [0.717, 1.165) is 0 Å². The van der Waals surface area contributed by atoms with Gasteiger partial charge in [-0.1, -0.05) is 0 Å². The summed E-state index contributed by atoms with van der Waals surface area (Å²) >= 11 is 0. The van der Waals surface area contributed by atoms with Gasteiger partial charge in [0.1, 0.15) is 0 Å². The first kappa shape index (κ1) is 16.8. The predicted octanol–water partition coefficient (Wildman–Crippen LogP) is 0.415. The zero-order valence-electron chi connectivity index (χ0n) is 11.5. The van der Waals surface area contributed by atoms with E-state index < -0.39 is 6.10 Å². The van der Waals surface area contributed by atoms with E-state index in [1.54, 1.807) is 7.11 Å². The van der Waals surface area contributed by atoms with Crippen LogP contribution in [0.4, 0.5) is 0 Å². The van der Waals surface area contributed by atoms with Gasteiger partial charge in [0.15, 0.2) is 0 Å². The molecular formula is C12H27NO4. The molecule has 0 rings (SSSR count). The van der Waals surface area contributed by atoms with Crippen molar-refractivity contribution in [2.75, 3.05) is 46.6 Å². The second kappa shape index (κ2) is 9.79. The van der Waals surface area contributed by atoms with Crippen LogP contribution in [0, 0.1) is 0 Å². The molecule has 5 heteroatoms. The van der Waals surface area contributed by atoms with Crippen LogP contribution < -0.4 is 5.32 Å². The summed E-state index contributed by atoms with van der Waals surface area (Å²) in [6.07, 6.45) is -0.496. The van der Waals surface area contributed by atoms with Gasteiger partial charge < -0.3 is 24.6 Å². The van der Waals surface area contributed by atoms with Gasteiger partial charge in [-0.15, -0.1) is 0 Å². The number of methoxy groups -OCH3 is 1. The van der Waals surface area contributed by atoms with E-state index in [-0.39, 0.29) is 5.60 Å². The highest BCUT2D eigenvalue weighted by Gasteiger charge is 2.17. The lowest BCUT2D eigenvalue weighted by Gasteiger charge is -2.25. The molecule has 0 aromatic carbocycles. The first-order chi connectivity index (χ1) is 8.02. The Hall–Kier alpha value is -0.200. The maximum Gasteiger partial charge on any atom is 0.0897 e. The first-order valence-corrected chi connectivity index (χ1v) is 6.11. The molecule has 0 aromatic heterocycles. The Labute approximate surface area is 104 Å². The number of hydrogen-bond donors (Lipinski definition) is 2. The van der Waals surface area contributed by atoms with Crippen LogP contribution in [0.5, 0.6) is 0 Å². The Morgan fingerprint density at radius 1 is 1.29 bits per heavy atom. The third kappa shape index (κ3) is 10.7. The average Bonchev–Trinajstić information content (AvgIpc) is 2.24. The van der Waals surface area contributed by atoms with Crippen molar-refractivity contribution < 1.29 is 19.3 Å².